The fraction of sp³-hybridized carbons (Fsp3) is 0.333. The SMILES string of the molecule is NC(C(=O)O)(C(=O)O)C(N)(C(=O)O)C(=O)O.[MgH2].[NaH].[NaH]. The molecule has 0 atom stereocenters. The molecular weight excluding hydrogens is 298 g/mol. The van der Waals surface area contributed by atoms with E-state index in [1.807, 2.05) is 0 Å². The molecule has 0 saturated heterocycles. The normalized spacial score (nSPS) is 10.0. The summed E-state index contributed by atoms with van der Waals surface area (Å²) in [5.74, 6) is -9.53. The molecule has 19 heavy (non-hydrogen) atoms. The van der Waals surface area contributed by atoms with E-state index >= 15 is 0 Å². The summed E-state index contributed by atoms with van der Waals surface area (Å²) in [6.07, 6.45) is 0. The molecular formula is C6H12MgN2Na2O8. The summed E-state index contributed by atoms with van der Waals surface area (Å²) in [7, 11) is 0. The molecule has 0 aromatic heterocycles. The first-order valence-corrected chi connectivity index (χ1v) is 3.54. The van der Waals surface area contributed by atoms with Crippen molar-refractivity contribution in [1.29, 1.82) is 0 Å². The van der Waals surface area contributed by atoms with E-state index in [4.69, 9.17) is 31.9 Å². The molecule has 0 unspecified atom stereocenters. The maximum atomic E-state index is 10.6. The Morgan fingerprint density at radius 3 is 0.789 bits per heavy atom. The van der Waals surface area contributed by atoms with Crippen molar-refractivity contribution in [2.24, 2.45) is 11.5 Å². The topological polar surface area (TPSA) is 201 Å². The zero-order valence-electron chi connectivity index (χ0n) is 7.58. The van der Waals surface area contributed by atoms with Gasteiger partial charge < -0.3 is 31.9 Å². The van der Waals surface area contributed by atoms with Crippen LogP contribution in [0.3, 0.4) is 0 Å². The van der Waals surface area contributed by atoms with Crippen LogP contribution in [0.15, 0.2) is 0 Å². The average molecular weight is 310 g/mol. The Labute approximate surface area is 166 Å². The minimum atomic E-state index is -3.69. The van der Waals surface area contributed by atoms with Gasteiger partial charge in [0.1, 0.15) is 0 Å². The van der Waals surface area contributed by atoms with Gasteiger partial charge in [-0.3, -0.25) is 0 Å². The number of hydrogen-bond donors (Lipinski definition) is 6. The number of carboxylic acids is 4. The molecule has 0 heterocycles. The van der Waals surface area contributed by atoms with Crippen molar-refractivity contribution in [2.45, 2.75) is 11.1 Å². The third kappa shape index (κ3) is 4.52. The van der Waals surface area contributed by atoms with Crippen LogP contribution in [0.1, 0.15) is 0 Å². The maximum absolute atomic E-state index is 10.6. The minimum absolute atomic E-state index is 0. The van der Waals surface area contributed by atoms with E-state index in [-0.39, 0.29) is 82.2 Å². The second-order valence-corrected chi connectivity index (χ2v) is 2.84. The third-order valence-electron chi connectivity index (χ3n) is 1.97. The first-order chi connectivity index (χ1) is 7.02. The molecule has 0 radical (unpaired) electrons. The monoisotopic (exact) mass is 310 g/mol. The zero-order valence-corrected chi connectivity index (χ0v) is 7.58. The predicted octanol–water partition coefficient (Wildman–Crippen LogP) is -5.49. The number of nitrogens with two attached hydrogens (primary N) is 2. The number of hydrogen-bond acceptors (Lipinski definition) is 6. The number of carboxylic acid groups (broad SMARTS) is 4. The van der Waals surface area contributed by atoms with Crippen molar-refractivity contribution in [2.75, 3.05) is 0 Å². The van der Waals surface area contributed by atoms with E-state index in [1.165, 1.54) is 0 Å². The Kier molecular flexibility index (Phi) is 13.9. The fourth-order valence-electron chi connectivity index (χ4n) is 0.858. The molecule has 13 heteroatoms. The van der Waals surface area contributed by atoms with Crippen LogP contribution in [0, 0.1) is 0 Å². The molecule has 8 N–H and O–H groups in total. The van der Waals surface area contributed by atoms with Crippen LogP contribution in [-0.2, 0) is 19.2 Å². The second kappa shape index (κ2) is 9.49. The van der Waals surface area contributed by atoms with Gasteiger partial charge in [-0.15, -0.1) is 0 Å². The Morgan fingerprint density at radius 2 is 0.737 bits per heavy atom. The Balaban J connectivity index is -0.000000375. The van der Waals surface area contributed by atoms with Gasteiger partial charge in [-0.1, -0.05) is 0 Å². The standard InChI is InChI=1S/C6H8N2O8.Mg.2Na.4H/c7-5(1(9)10,2(11)12)6(8,3(13)14)4(15)16;;;;;;;/h7-8H2,(H,9,10)(H,11,12)(H,13,14)(H,15,16);;;;;;;. The van der Waals surface area contributed by atoms with Gasteiger partial charge >= 0.3 is 106 Å². The number of rotatable bonds is 5. The Morgan fingerprint density at radius 1 is 0.632 bits per heavy atom. The van der Waals surface area contributed by atoms with Gasteiger partial charge in [-0.25, -0.2) is 19.2 Å². The van der Waals surface area contributed by atoms with Crippen molar-refractivity contribution < 1.29 is 39.6 Å². The van der Waals surface area contributed by atoms with E-state index in [2.05, 4.69) is 0 Å². The van der Waals surface area contributed by atoms with Gasteiger partial charge in [0, 0.05) is 0 Å². The molecule has 0 rings (SSSR count). The van der Waals surface area contributed by atoms with Crippen LogP contribution in [-0.4, -0.2) is 138 Å². The molecule has 0 fully saturated rings. The molecule has 0 aromatic rings. The molecule has 0 aliphatic carbocycles. The van der Waals surface area contributed by atoms with Crippen LogP contribution in [0.2, 0.25) is 0 Å². The van der Waals surface area contributed by atoms with E-state index in [9.17, 15) is 19.2 Å². The van der Waals surface area contributed by atoms with E-state index < -0.39 is 35.0 Å². The first-order valence-electron chi connectivity index (χ1n) is 3.54. The van der Waals surface area contributed by atoms with E-state index in [0.717, 1.165) is 0 Å². The summed E-state index contributed by atoms with van der Waals surface area (Å²) in [5.41, 5.74) is 2.18. The summed E-state index contributed by atoms with van der Waals surface area (Å²) < 4.78 is 0. The first kappa shape index (κ1) is 27.8. The van der Waals surface area contributed by atoms with E-state index in [1.54, 1.807) is 0 Å². The molecule has 0 aliphatic heterocycles. The van der Waals surface area contributed by atoms with Crippen LogP contribution < -0.4 is 11.5 Å². The van der Waals surface area contributed by atoms with Crippen LogP contribution in [0.5, 0.6) is 0 Å². The van der Waals surface area contributed by atoms with Gasteiger partial charge in [0.25, 0.3) is 11.1 Å². The Hall–Kier alpha value is 0.566. The van der Waals surface area contributed by atoms with Crippen LogP contribution >= 0.6 is 0 Å². The van der Waals surface area contributed by atoms with Gasteiger partial charge in [-0.05, 0) is 0 Å². The molecule has 10 nitrogen and oxygen atoms in total. The van der Waals surface area contributed by atoms with Crippen LogP contribution in [0.25, 0.3) is 0 Å². The summed E-state index contributed by atoms with van der Waals surface area (Å²) in [6, 6.07) is 0. The number of aliphatic carboxylic acids is 4. The molecule has 0 spiro atoms. The zero-order chi connectivity index (χ0) is 13.3. The van der Waals surface area contributed by atoms with Gasteiger partial charge in [0.2, 0.25) is 0 Å². The molecule has 0 aromatic carbocycles. The molecule has 0 saturated carbocycles. The molecule has 0 amide bonds. The summed E-state index contributed by atoms with van der Waals surface area (Å²) >= 11 is 0. The summed E-state index contributed by atoms with van der Waals surface area (Å²) in [5, 5.41) is 34.1. The third-order valence-corrected chi connectivity index (χ3v) is 1.97. The van der Waals surface area contributed by atoms with Gasteiger partial charge in [0.15, 0.2) is 0 Å². The van der Waals surface area contributed by atoms with E-state index in [0.29, 0.717) is 0 Å². The molecule has 0 aliphatic rings. The summed E-state index contributed by atoms with van der Waals surface area (Å²) in [4.78, 5) is 42.4. The molecule has 98 valence electrons. The number of carbonyl (C=O) groups is 4. The Bertz CT molecular complexity index is 325. The van der Waals surface area contributed by atoms with Crippen molar-refractivity contribution in [1.82, 2.24) is 0 Å². The molecule has 0 bridgehead atoms. The van der Waals surface area contributed by atoms with Crippen molar-refractivity contribution >= 4 is 106 Å². The van der Waals surface area contributed by atoms with Gasteiger partial charge in [-0.2, -0.15) is 0 Å². The van der Waals surface area contributed by atoms with Crippen molar-refractivity contribution in [3.05, 3.63) is 0 Å². The average Bonchev–Trinajstić information content (AvgIpc) is 2.13. The quantitative estimate of drug-likeness (QED) is 0.210. The van der Waals surface area contributed by atoms with Crippen molar-refractivity contribution in [3.8, 4) is 0 Å². The predicted molar refractivity (Wildman–Crippen MR) is 67.2 cm³/mol. The second-order valence-electron chi connectivity index (χ2n) is 2.84. The fourth-order valence-corrected chi connectivity index (χ4v) is 0.858. The van der Waals surface area contributed by atoms with Gasteiger partial charge in [0.05, 0.1) is 0 Å². The van der Waals surface area contributed by atoms with Crippen LogP contribution in [0.4, 0.5) is 0 Å². The van der Waals surface area contributed by atoms with Crippen molar-refractivity contribution in [3.63, 3.8) is 0 Å². The summed E-state index contributed by atoms with van der Waals surface area (Å²) in [6.45, 7) is 0.